The van der Waals surface area contributed by atoms with Crippen molar-refractivity contribution in [1.29, 1.82) is 0 Å². The van der Waals surface area contributed by atoms with E-state index in [9.17, 15) is 0 Å². The molecule has 4 rings (SSSR count). The largest absolute Gasteiger partial charge is 0.418 e. The van der Waals surface area contributed by atoms with Crippen LogP contribution in [0.1, 0.15) is 78.6 Å². The van der Waals surface area contributed by atoms with Crippen LogP contribution in [0.15, 0.2) is 0 Å². The normalized spacial score (nSPS) is 42.8. The Bertz CT molecular complexity index is 814. The fourth-order valence-corrected chi connectivity index (χ4v) is 13.2. The highest BCUT2D eigenvalue weighted by atomic mass is 28.4. The first kappa shape index (κ1) is 31.5. The van der Waals surface area contributed by atoms with Crippen molar-refractivity contribution in [2.45, 2.75) is 150 Å². The summed E-state index contributed by atoms with van der Waals surface area (Å²) < 4.78 is 20.3. The quantitative estimate of drug-likeness (QED) is 0.254. The molecule has 38 heavy (non-hydrogen) atoms. The SMILES string of the molecule is CC(CCO[Si](C)(C)C)C1CCC2C3C(O[Si](C)(C)C)C[C@@H]4C[C@H](O[Si](C)(C)C)CCC4(C)C3CCC12C. The van der Waals surface area contributed by atoms with Gasteiger partial charge in [-0.25, -0.2) is 0 Å². The fraction of sp³-hybridized carbons (Fsp3) is 1.00. The molecular weight excluding hydrogens is 517 g/mol. The minimum Gasteiger partial charge on any atom is -0.418 e. The van der Waals surface area contributed by atoms with E-state index in [0.717, 1.165) is 42.1 Å². The molecule has 4 aliphatic rings. The summed E-state index contributed by atoms with van der Waals surface area (Å²) in [7, 11) is -4.58. The number of rotatable bonds is 9. The van der Waals surface area contributed by atoms with E-state index in [1.807, 2.05) is 0 Å². The highest BCUT2D eigenvalue weighted by Crippen LogP contribution is 2.69. The van der Waals surface area contributed by atoms with Crippen LogP contribution >= 0.6 is 0 Å². The van der Waals surface area contributed by atoms with Crippen molar-refractivity contribution in [2.24, 2.45) is 46.3 Å². The molecule has 6 heteroatoms. The van der Waals surface area contributed by atoms with Crippen molar-refractivity contribution in [3.05, 3.63) is 0 Å². The van der Waals surface area contributed by atoms with E-state index in [4.69, 9.17) is 13.3 Å². The second kappa shape index (κ2) is 11.0. The van der Waals surface area contributed by atoms with Crippen molar-refractivity contribution < 1.29 is 13.3 Å². The summed E-state index contributed by atoms with van der Waals surface area (Å²) in [5, 5.41) is 0. The zero-order valence-electron chi connectivity index (χ0n) is 27.4. The average molecular weight is 581 g/mol. The van der Waals surface area contributed by atoms with Crippen molar-refractivity contribution in [3.63, 3.8) is 0 Å². The predicted octanol–water partition coefficient (Wildman–Crippen LogP) is 9.57. The van der Waals surface area contributed by atoms with E-state index in [1.54, 1.807) is 0 Å². The molecule has 0 aromatic heterocycles. The molecule has 0 radical (unpaired) electrons. The Morgan fingerprint density at radius 3 is 1.92 bits per heavy atom. The Morgan fingerprint density at radius 1 is 0.711 bits per heavy atom. The number of fused-ring (bicyclic) bond motifs is 5. The molecule has 3 nitrogen and oxygen atoms in total. The molecule has 8 unspecified atom stereocenters. The molecule has 0 aromatic rings. The average Bonchev–Trinajstić information content (AvgIpc) is 3.09. The van der Waals surface area contributed by atoms with Crippen LogP contribution in [0.5, 0.6) is 0 Å². The van der Waals surface area contributed by atoms with Gasteiger partial charge < -0.3 is 13.3 Å². The summed E-state index contributed by atoms with van der Waals surface area (Å²) >= 11 is 0. The first-order valence-corrected chi connectivity index (χ1v) is 26.5. The Balaban J connectivity index is 1.56. The summed E-state index contributed by atoms with van der Waals surface area (Å²) in [6, 6.07) is 0. The highest BCUT2D eigenvalue weighted by molar-refractivity contribution is 6.70. The maximum absolute atomic E-state index is 7.22. The summed E-state index contributed by atoms with van der Waals surface area (Å²) in [4.78, 5) is 0. The molecular formula is C32H64O3Si3. The zero-order chi connectivity index (χ0) is 28.3. The van der Waals surface area contributed by atoms with Crippen LogP contribution in [-0.4, -0.2) is 43.8 Å². The molecule has 0 amide bonds. The van der Waals surface area contributed by atoms with Gasteiger partial charge in [-0.1, -0.05) is 20.8 Å². The van der Waals surface area contributed by atoms with E-state index in [-0.39, 0.29) is 0 Å². The molecule has 0 saturated heterocycles. The highest BCUT2D eigenvalue weighted by Gasteiger charge is 2.63. The van der Waals surface area contributed by atoms with Crippen molar-refractivity contribution in [3.8, 4) is 0 Å². The van der Waals surface area contributed by atoms with Gasteiger partial charge in [-0.05, 0) is 163 Å². The van der Waals surface area contributed by atoms with Gasteiger partial charge in [0.05, 0.1) is 0 Å². The van der Waals surface area contributed by atoms with E-state index in [1.165, 1.54) is 57.8 Å². The Morgan fingerprint density at radius 2 is 1.32 bits per heavy atom. The van der Waals surface area contributed by atoms with Crippen LogP contribution in [0.4, 0.5) is 0 Å². The lowest BCUT2D eigenvalue weighted by molar-refractivity contribution is -0.168. The van der Waals surface area contributed by atoms with Crippen molar-refractivity contribution in [1.82, 2.24) is 0 Å². The van der Waals surface area contributed by atoms with Gasteiger partial charge in [0.1, 0.15) is 0 Å². The smallest absolute Gasteiger partial charge is 0.184 e. The third kappa shape index (κ3) is 6.77. The summed E-state index contributed by atoms with van der Waals surface area (Å²) in [6.45, 7) is 30.3. The monoisotopic (exact) mass is 580 g/mol. The van der Waals surface area contributed by atoms with Gasteiger partial charge in [-0.15, -0.1) is 0 Å². The molecule has 4 saturated carbocycles. The van der Waals surface area contributed by atoms with Gasteiger partial charge >= 0.3 is 0 Å². The van der Waals surface area contributed by atoms with Crippen LogP contribution in [0.25, 0.3) is 0 Å². The maximum atomic E-state index is 7.22. The first-order valence-electron chi connectivity index (χ1n) is 16.3. The second-order valence-corrected chi connectivity index (χ2v) is 31.0. The van der Waals surface area contributed by atoms with Crippen LogP contribution < -0.4 is 0 Å². The van der Waals surface area contributed by atoms with Crippen LogP contribution in [0.3, 0.4) is 0 Å². The standard InChI is InChI=1S/C32H64O3Si3/c1-23(17-20-33-36(4,5)6)26-13-14-27-30-28(16-19-32(26,27)3)31(2)18-15-25(34-37(7,8)9)21-24(31)22-29(30)35-38(10,11)12/h23-30H,13-22H2,1-12H3/t23?,24-,25+,26?,27?,28?,29?,30?,31?,32?/m0/s1. The lowest BCUT2D eigenvalue weighted by Crippen LogP contribution is -2.60. The number of hydrogen-bond acceptors (Lipinski definition) is 3. The van der Waals surface area contributed by atoms with Crippen molar-refractivity contribution in [2.75, 3.05) is 6.61 Å². The van der Waals surface area contributed by atoms with E-state index >= 15 is 0 Å². The molecule has 4 aliphatic carbocycles. The minimum atomic E-state index is -1.64. The van der Waals surface area contributed by atoms with Gasteiger partial charge in [-0.3, -0.25) is 0 Å². The van der Waals surface area contributed by atoms with E-state index in [0.29, 0.717) is 23.0 Å². The minimum absolute atomic E-state index is 0.462. The van der Waals surface area contributed by atoms with Crippen LogP contribution in [-0.2, 0) is 13.3 Å². The van der Waals surface area contributed by atoms with Crippen molar-refractivity contribution >= 4 is 25.0 Å². The van der Waals surface area contributed by atoms with Gasteiger partial charge in [-0.2, -0.15) is 0 Å². The summed E-state index contributed by atoms with van der Waals surface area (Å²) in [5.41, 5.74) is 0.946. The molecule has 4 fully saturated rings. The molecule has 0 N–H and O–H groups in total. The Labute approximate surface area is 240 Å². The Kier molecular flexibility index (Phi) is 9.09. The Hall–Kier alpha value is 0.531. The lowest BCUT2D eigenvalue weighted by Gasteiger charge is -2.64. The van der Waals surface area contributed by atoms with Gasteiger partial charge in [0, 0.05) is 18.8 Å². The molecule has 0 aliphatic heterocycles. The second-order valence-electron chi connectivity index (χ2n) is 17.6. The van der Waals surface area contributed by atoms with Gasteiger partial charge in [0.25, 0.3) is 0 Å². The van der Waals surface area contributed by atoms with Gasteiger partial charge in [0.15, 0.2) is 25.0 Å². The van der Waals surface area contributed by atoms with E-state index < -0.39 is 25.0 Å². The van der Waals surface area contributed by atoms with Crippen LogP contribution in [0, 0.1) is 46.3 Å². The summed E-state index contributed by atoms with van der Waals surface area (Å²) in [5.74, 6) is 4.79. The molecule has 0 heterocycles. The van der Waals surface area contributed by atoms with Gasteiger partial charge in [0.2, 0.25) is 0 Å². The molecule has 0 aromatic carbocycles. The first-order chi connectivity index (χ1) is 17.3. The summed E-state index contributed by atoms with van der Waals surface area (Å²) in [6.07, 6.45) is 13.1. The van der Waals surface area contributed by atoms with Crippen LogP contribution in [0.2, 0.25) is 58.9 Å². The zero-order valence-corrected chi connectivity index (χ0v) is 30.4. The lowest BCUT2D eigenvalue weighted by atomic mass is 9.43. The molecule has 0 bridgehead atoms. The third-order valence-electron chi connectivity index (χ3n) is 11.5. The molecule has 222 valence electrons. The van der Waals surface area contributed by atoms with E-state index in [2.05, 4.69) is 79.7 Å². The maximum Gasteiger partial charge on any atom is 0.184 e. The third-order valence-corrected chi connectivity index (χ3v) is 14.6. The fourth-order valence-electron chi connectivity index (χ4n) is 10.1. The predicted molar refractivity (Wildman–Crippen MR) is 170 cm³/mol. The molecule has 10 atom stereocenters. The topological polar surface area (TPSA) is 27.7 Å². The molecule has 0 spiro atoms. The number of hydrogen-bond donors (Lipinski definition) is 0.